The maximum absolute atomic E-state index is 2.75. The number of nitrogens with zero attached hydrogens (tertiary/aromatic N) is 1. The van der Waals surface area contributed by atoms with Gasteiger partial charge < -0.3 is 4.90 Å². The average Bonchev–Trinajstić information content (AvgIpc) is 2.72. The van der Waals surface area contributed by atoms with Gasteiger partial charge in [0, 0.05) is 6.04 Å². The molecule has 0 aromatic rings. The molecule has 1 atom stereocenters. The minimum Gasteiger partial charge on any atom is -0.300 e. The molecule has 0 bridgehead atoms. The Labute approximate surface area is 103 Å². The molecule has 0 aromatic carbocycles. The third-order valence-corrected chi connectivity index (χ3v) is 3.92. The van der Waals surface area contributed by atoms with Crippen molar-refractivity contribution < 1.29 is 0 Å². The second kappa shape index (κ2) is 9.04. The molecule has 96 valence electrons. The van der Waals surface area contributed by atoms with Crippen LogP contribution in [0.15, 0.2) is 0 Å². The van der Waals surface area contributed by atoms with Crippen LogP contribution in [0.5, 0.6) is 0 Å². The molecule has 0 aromatic heterocycles. The fraction of sp³-hybridized carbons (Fsp3) is 1.00. The van der Waals surface area contributed by atoms with E-state index >= 15 is 0 Å². The lowest BCUT2D eigenvalue weighted by atomic mass is 10.1. The minimum absolute atomic E-state index is 0.931. The van der Waals surface area contributed by atoms with Gasteiger partial charge >= 0.3 is 0 Å². The molecule has 1 aliphatic rings. The Morgan fingerprint density at radius 2 is 1.69 bits per heavy atom. The van der Waals surface area contributed by atoms with Crippen LogP contribution in [-0.2, 0) is 0 Å². The fourth-order valence-electron chi connectivity index (χ4n) is 2.94. The summed E-state index contributed by atoms with van der Waals surface area (Å²) in [5.41, 5.74) is 0. The summed E-state index contributed by atoms with van der Waals surface area (Å²) in [6.45, 7) is 7.36. The van der Waals surface area contributed by atoms with Crippen molar-refractivity contribution in [2.75, 3.05) is 13.1 Å². The average molecular weight is 225 g/mol. The molecule has 1 aliphatic heterocycles. The molecule has 0 saturated carbocycles. The van der Waals surface area contributed by atoms with Gasteiger partial charge in [0.1, 0.15) is 0 Å². The highest BCUT2D eigenvalue weighted by atomic mass is 15.2. The van der Waals surface area contributed by atoms with Crippen molar-refractivity contribution in [3.05, 3.63) is 0 Å². The molecule has 1 nitrogen and oxygen atoms in total. The summed E-state index contributed by atoms with van der Waals surface area (Å²) in [5.74, 6) is 0. The van der Waals surface area contributed by atoms with Gasteiger partial charge in [-0.3, -0.25) is 0 Å². The van der Waals surface area contributed by atoms with Crippen LogP contribution in [0.2, 0.25) is 0 Å². The summed E-state index contributed by atoms with van der Waals surface area (Å²) in [6, 6.07) is 0.931. The van der Waals surface area contributed by atoms with E-state index in [9.17, 15) is 0 Å². The first-order valence-electron chi connectivity index (χ1n) is 7.62. The first-order chi connectivity index (χ1) is 7.88. The molecular formula is C15H31N. The lowest BCUT2D eigenvalue weighted by Crippen LogP contribution is -2.30. The quantitative estimate of drug-likeness (QED) is 0.518. The van der Waals surface area contributed by atoms with Gasteiger partial charge in [0.25, 0.3) is 0 Å². The fourth-order valence-corrected chi connectivity index (χ4v) is 2.94. The number of hydrogen-bond acceptors (Lipinski definition) is 1. The van der Waals surface area contributed by atoms with Crippen LogP contribution in [0.3, 0.4) is 0 Å². The van der Waals surface area contributed by atoms with E-state index in [-0.39, 0.29) is 0 Å². The van der Waals surface area contributed by atoms with E-state index < -0.39 is 0 Å². The molecule has 0 spiro atoms. The Balaban J connectivity index is 1.99. The van der Waals surface area contributed by atoms with E-state index in [0.717, 1.165) is 6.04 Å². The van der Waals surface area contributed by atoms with E-state index in [1.54, 1.807) is 0 Å². The molecular weight excluding hydrogens is 194 g/mol. The highest BCUT2D eigenvalue weighted by Gasteiger charge is 2.22. The normalized spacial score (nSPS) is 21.8. The molecule has 1 saturated heterocycles. The molecule has 1 heteroatoms. The minimum atomic E-state index is 0.931. The summed E-state index contributed by atoms with van der Waals surface area (Å²) in [7, 11) is 0. The number of likely N-dealkylation sites (tertiary alicyclic amines) is 1. The summed E-state index contributed by atoms with van der Waals surface area (Å²) in [6.07, 6.45) is 14.3. The smallest absolute Gasteiger partial charge is 0.00956 e. The maximum Gasteiger partial charge on any atom is 0.00956 e. The zero-order valence-electron chi connectivity index (χ0n) is 11.5. The first-order valence-corrected chi connectivity index (χ1v) is 7.62. The predicted molar refractivity (Wildman–Crippen MR) is 72.9 cm³/mol. The third kappa shape index (κ3) is 5.34. The Morgan fingerprint density at radius 1 is 0.938 bits per heavy atom. The summed E-state index contributed by atoms with van der Waals surface area (Å²) in [5, 5.41) is 0. The van der Waals surface area contributed by atoms with Crippen molar-refractivity contribution in [2.24, 2.45) is 0 Å². The van der Waals surface area contributed by atoms with Crippen molar-refractivity contribution in [3.8, 4) is 0 Å². The van der Waals surface area contributed by atoms with E-state index in [0.29, 0.717) is 0 Å². The van der Waals surface area contributed by atoms with Crippen LogP contribution >= 0.6 is 0 Å². The Morgan fingerprint density at radius 3 is 2.44 bits per heavy atom. The zero-order valence-corrected chi connectivity index (χ0v) is 11.5. The van der Waals surface area contributed by atoms with Gasteiger partial charge in [0.2, 0.25) is 0 Å². The molecule has 0 aliphatic carbocycles. The zero-order chi connectivity index (χ0) is 11.6. The van der Waals surface area contributed by atoms with Crippen molar-refractivity contribution in [2.45, 2.75) is 84.1 Å². The number of rotatable bonds is 9. The Bertz CT molecular complexity index is 156. The second-order valence-corrected chi connectivity index (χ2v) is 5.39. The van der Waals surface area contributed by atoms with Gasteiger partial charge in [-0.15, -0.1) is 0 Å². The van der Waals surface area contributed by atoms with Gasteiger partial charge in [-0.25, -0.2) is 0 Å². The predicted octanol–water partition coefficient (Wildman–Crippen LogP) is 4.61. The third-order valence-electron chi connectivity index (χ3n) is 3.92. The van der Waals surface area contributed by atoms with Crippen LogP contribution in [0.25, 0.3) is 0 Å². The van der Waals surface area contributed by atoms with E-state index in [2.05, 4.69) is 18.7 Å². The van der Waals surface area contributed by atoms with Crippen molar-refractivity contribution >= 4 is 0 Å². The molecule has 0 radical (unpaired) electrons. The number of unbranched alkanes of at least 4 members (excludes halogenated alkanes) is 5. The molecule has 1 heterocycles. The SMILES string of the molecule is CCCCCCCCN1CCCC1CCC. The second-order valence-electron chi connectivity index (χ2n) is 5.39. The van der Waals surface area contributed by atoms with Crippen molar-refractivity contribution in [3.63, 3.8) is 0 Å². The maximum atomic E-state index is 2.75. The Kier molecular flexibility index (Phi) is 7.92. The van der Waals surface area contributed by atoms with Crippen molar-refractivity contribution in [1.29, 1.82) is 0 Å². The highest BCUT2D eigenvalue weighted by Crippen LogP contribution is 2.21. The number of hydrogen-bond donors (Lipinski definition) is 0. The van der Waals surface area contributed by atoms with Gasteiger partial charge in [-0.1, -0.05) is 52.4 Å². The molecule has 16 heavy (non-hydrogen) atoms. The topological polar surface area (TPSA) is 3.24 Å². The highest BCUT2D eigenvalue weighted by molar-refractivity contribution is 4.78. The first kappa shape index (κ1) is 14.0. The Hall–Kier alpha value is -0.0400. The molecule has 1 fully saturated rings. The van der Waals surface area contributed by atoms with Gasteiger partial charge in [-0.2, -0.15) is 0 Å². The summed E-state index contributed by atoms with van der Waals surface area (Å²) < 4.78 is 0. The van der Waals surface area contributed by atoms with Crippen LogP contribution in [-0.4, -0.2) is 24.0 Å². The standard InChI is InChI=1S/C15H31N/c1-3-5-6-7-8-9-13-16-14-10-12-15(16)11-4-2/h15H,3-14H2,1-2H3. The lowest BCUT2D eigenvalue weighted by molar-refractivity contribution is 0.236. The largest absolute Gasteiger partial charge is 0.300 e. The summed E-state index contributed by atoms with van der Waals surface area (Å²) >= 11 is 0. The van der Waals surface area contributed by atoms with Gasteiger partial charge in [0.15, 0.2) is 0 Å². The lowest BCUT2D eigenvalue weighted by Gasteiger charge is -2.23. The van der Waals surface area contributed by atoms with Crippen LogP contribution in [0, 0.1) is 0 Å². The monoisotopic (exact) mass is 225 g/mol. The summed E-state index contributed by atoms with van der Waals surface area (Å²) in [4.78, 5) is 2.75. The van der Waals surface area contributed by atoms with Crippen LogP contribution < -0.4 is 0 Å². The van der Waals surface area contributed by atoms with Gasteiger partial charge in [0.05, 0.1) is 0 Å². The molecule has 1 unspecified atom stereocenters. The van der Waals surface area contributed by atoms with Crippen molar-refractivity contribution in [1.82, 2.24) is 4.90 Å². The van der Waals surface area contributed by atoms with E-state index in [4.69, 9.17) is 0 Å². The van der Waals surface area contributed by atoms with Crippen LogP contribution in [0.1, 0.15) is 78.1 Å². The van der Waals surface area contributed by atoms with Crippen LogP contribution in [0.4, 0.5) is 0 Å². The van der Waals surface area contributed by atoms with E-state index in [1.807, 2.05) is 0 Å². The molecule has 0 N–H and O–H groups in total. The molecule has 0 amide bonds. The van der Waals surface area contributed by atoms with E-state index in [1.165, 1.54) is 77.3 Å². The molecule has 1 rings (SSSR count). The van der Waals surface area contributed by atoms with Gasteiger partial charge in [-0.05, 0) is 38.8 Å².